The van der Waals surface area contributed by atoms with Gasteiger partial charge in [-0.3, -0.25) is 4.79 Å². The van der Waals surface area contributed by atoms with E-state index in [0.717, 1.165) is 0 Å². The van der Waals surface area contributed by atoms with Crippen molar-refractivity contribution in [3.63, 3.8) is 0 Å². The zero-order valence-electron chi connectivity index (χ0n) is 6.52. The second-order valence-corrected chi connectivity index (χ2v) is 2.14. The fourth-order valence-electron chi connectivity index (χ4n) is 0.814. The minimum Gasteiger partial charge on any atom is -0.481 e. The summed E-state index contributed by atoms with van der Waals surface area (Å²) < 4.78 is 4.81. The number of aliphatic carboxylic acids is 1. The number of hydrogen-bond acceptors (Lipinski definition) is 4. The predicted molar refractivity (Wildman–Crippen MR) is 39.9 cm³/mol. The topological polar surface area (TPSA) is 72.3 Å². The summed E-state index contributed by atoms with van der Waals surface area (Å²) in [6, 6.07) is 1.57. The van der Waals surface area contributed by atoms with Crippen molar-refractivity contribution in [3.8, 4) is 5.88 Å². The molecule has 0 aromatic carbocycles. The third-order valence-corrected chi connectivity index (χ3v) is 1.30. The molecule has 1 rings (SSSR count). The van der Waals surface area contributed by atoms with E-state index in [1.54, 1.807) is 6.07 Å². The minimum atomic E-state index is -0.915. The zero-order valence-corrected chi connectivity index (χ0v) is 6.52. The van der Waals surface area contributed by atoms with Crippen LogP contribution in [0.2, 0.25) is 0 Å². The zero-order chi connectivity index (χ0) is 8.97. The van der Waals surface area contributed by atoms with Crippen LogP contribution in [0.5, 0.6) is 5.88 Å². The fraction of sp³-hybridized carbons (Fsp3) is 0.286. The van der Waals surface area contributed by atoms with Gasteiger partial charge in [-0.25, -0.2) is 0 Å². The molecule has 1 aromatic rings. The summed E-state index contributed by atoms with van der Waals surface area (Å²) >= 11 is 0. The number of nitrogens with zero attached hydrogens (tertiary/aromatic N) is 2. The monoisotopic (exact) mass is 168 g/mol. The summed E-state index contributed by atoms with van der Waals surface area (Å²) in [4.78, 5) is 10.3. The molecule has 12 heavy (non-hydrogen) atoms. The van der Waals surface area contributed by atoms with Crippen molar-refractivity contribution >= 4 is 5.97 Å². The van der Waals surface area contributed by atoms with Crippen LogP contribution in [0.15, 0.2) is 12.3 Å². The van der Waals surface area contributed by atoms with Gasteiger partial charge in [-0.15, -0.1) is 5.10 Å². The Kier molecular flexibility index (Phi) is 2.57. The van der Waals surface area contributed by atoms with E-state index in [2.05, 4.69) is 10.2 Å². The summed E-state index contributed by atoms with van der Waals surface area (Å²) in [7, 11) is 1.43. The number of carboxylic acid groups (broad SMARTS) is 1. The van der Waals surface area contributed by atoms with Gasteiger partial charge in [0.2, 0.25) is 5.88 Å². The predicted octanol–water partition coefficient (Wildman–Crippen LogP) is 0.112. The first kappa shape index (κ1) is 8.45. The van der Waals surface area contributed by atoms with Gasteiger partial charge in [0.1, 0.15) is 0 Å². The van der Waals surface area contributed by atoms with Crippen molar-refractivity contribution in [1.82, 2.24) is 10.2 Å². The van der Waals surface area contributed by atoms with Crippen molar-refractivity contribution in [3.05, 3.63) is 17.8 Å². The second kappa shape index (κ2) is 3.66. The molecule has 1 N–H and O–H groups in total. The van der Waals surface area contributed by atoms with Crippen LogP contribution in [0.4, 0.5) is 0 Å². The standard InChI is InChI=1S/C7H8N2O3/c1-12-7-5(4-6(10)11)2-3-8-9-7/h2-3H,4H2,1H3,(H,10,11). The van der Waals surface area contributed by atoms with E-state index in [4.69, 9.17) is 9.84 Å². The molecule has 0 unspecified atom stereocenters. The number of carboxylic acids is 1. The first-order chi connectivity index (χ1) is 5.74. The first-order valence-corrected chi connectivity index (χ1v) is 3.30. The first-order valence-electron chi connectivity index (χ1n) is 3.30. The average Bonchev–Trinajstić information content (AvgIpc) is 2.04. The summed E-state index contributed by atoms with van der Waals surface area (Å²) in [5.74, 6) is -0.652. The Bertz CT molecular complexity index is 288. The lowest BCUT2D eigenvalue weighted by atomic mass is 10.2. The minimum absolute atomic E-state index is 0.0985. The summed E-state index contributed by atoms with van der Waals surface area (Å²) in [6.07, 6.45) is 1.33. The van der Waals surface area contributed by atoms with E-state index >= 15 is 0 Å². The van der Waals surface area contributed by atoms with Crippen molar-refractivity contribution in [1.29, 1.82) is 0 Å². The van der Waals surface area contributed by atoms with Crippen LogP contribution in [0.25, 0.3) is 0 Å². The number of methoxy groups -OCH3 is 1. The highest BCUT2D eigenvalue weighted by molar-refractivity contribution is 5.70. The number of rotatable bonds is 3. The third-order valence-electron chi connectivity index (χ3n) is 1.30. The third kappa shape index (κ3) is 1.91. The maximum absolute atomic E-state index is 10.3. The van der Waals surface area contributed by atoms with E-state index in [9.17, 15) is 4.79 Å². The van der Waals surface area contributed by atoms with E-state index in [0.29, 0.717) is 5.56 Å². The fourth-order valence-corrected chi connectivity index (χ4v) is 0.814. The largest absolute Gasteiger partial charge is 0.481 e. The molecule has 1 aromatic heterocycles. The molecule has 0 fully saturated rings. The normalized spacial score (nSPS) is 9.42. The number of ether oxygens (including phenoxy) is 1. The Balaban J connectivity index is 2.89. The van der Waals surface area contributed by atoms with Gasteiger partial charge < -0.3 is 9.84 Å². The van der Waals surface area contributed by atoms with Crippen molar-refractivity contribution < 1.29 is 14.6 Å². The maximum Gasteiger partial charge on any atom is 0.308 e. The molecule has 0 aliphatic rings. The van der Waals surface area contributed by atoms with Crippen LogP contribution in [-0.2, 0) is 11.2 Å². The molecule has 0 aliphatic heterocycles. The summed E-state index contributed by atoms with van der Waals surface area (Å²) in [6.45, 7) is 0. The smallest absolute Gasteiger partial charge is 0.308 e. The maximum atomic E-state index is 10.3. The molecule has 0 spiro atoms. The highest BCUT2D eigenvalue weighted by Crippen LogP contribution is 2.12. The van der Waals surface area contributed by atoms with E-state index < -0.39 is 5.97 Å². The molecule has 0 atom stereocenters. The average molecular weight is 168 g/mol. The summed E-state index contributed by atoms with van der Waals surface area (Å²) in [5.41, 5.74) is 0.528. The van der Waals surface area contributed by atoms with Gasteiger partial charge in [-0.05, 0) is 6.07 Å². The Labute approximate surface area is 69.0 Å². The van der Waals surface area contributed by atoms with E-state index in [1.807, 2.05) is 0 Å². The van der Waals surface area contributed by atoms with Crippen LogP contribution in [0.1, 0.15) is 5.56 Å². The highest BCUT2D eigenvalue weighted by Gasteiger charge is 2.07. The van der Waals surface area contributed by atoms with Gasteiger partial charge >= 0.3 is 5.97 Å². The SMILES string of the molecule is COc1nnccc1CC(=O)O. The molecule has 0 aliphatic carbocycles. The lowest BCUT2D eigenvalue weighted by Crippen LogP contribution is -2.03. The van der Waals surface area contributed by atoms with Crippen molar-refractivity contribution in [2.45, 2.75) is 6.42 Å². The number of carbonyl (C=O) groups is 1. The molecule has 0 radical (unpaired) electrons. The molecule has 0 saturated heterocycles. The van der Waals surface area contributed by atoms with Crippen LogP contribution in [-0.4, -0.2) is 28.4 Å². The lowest BCUT2D eigenvalue weighted by molar-refractivity contribution is -0.136. The Morgan fingerprint density at radius 2 is 2.50 bits per heavy atom. The van der Waals surface area contributed by atoms with Crippen LogP contribution in [0.3, 0.4) is 0 Å². The molecule has 0 amide bonds. The van der Waals surface area contributed by atoms with Crippen molar-refractivity contribution in [2.24, 2.45) is 0 Å². The van der Waals surface area contributed by atoms with Crippen LogP contribution < -0.4 is 4.74 Å². The van der Waals surface area contributed by atoms with Gasteiger partial charge in [0, 0.05) is 5.56 Å². The number of hydrogen-bond donors (Lipinski definition) is 1. The van der Waals surface area contributed by atoms with Gasteiger partial charge in [-0.2, -0.15) is 5.10 Å². The molecule has 0 bridgehead atoms. The second-order valence-electron chi connectivity index (χ2n) is 2.14. The number of aromatic nitrogens is 2. The molecular formula is C7H8N2O3. The lowest BCUT2D eigenvalue weighted by Gasteiger charge is -2.01. The molecule has 5 nitrogen and oxygen atoms in total. The molecule has 1 heterocycles. The quantitative estimate of drug-likeness (QED) is 0.693. The summed E-state index contributed by atoms with van der Waals surface area (Å²) in [5, 5.41) is 15.7. The van der Waals surface area contributed by atoms with Gasteiger partial charge in [0.15, 0.2) is 0 Å². The van der Waals surface area contributed by atoms with Gasteiger partial charge in [0.05, 0.1) is 19.7 Å². The van der Waals surface area contributed by atoms with Crippen LogP contribution in [0, 0.1) is 0 Å². The van der Waals surface area contributed by atoms with Crippen LogP contribution >= 0.6 is 0 Å². The van der Waals surface area contributed by atoms with E-state index in [-0.39, 0.29) is 12.3 Å². The molecule has 0 saturated carbocycles. The molecular weight excluding hydrogens is 160 g/mol. The van der Waals surface area contributed by atoms with E-state index in [1.165, 1.54) is 13.3 Å². The Hall–Kier alpha value is -1.65. The van der Waals surface area contributed by atoms with Gasteiger partial charge in [-0.1, -0.05) is 0 Å². The Morgan fingerprint density at radius 1 is 1.75 bits per heavy atom. The molecule has 5 heteroatoms. The molecule has 64 valence electrons. The Morgan fingerprint density at radius 3 is 3.08 bits per heavy atom. The van der Waals surface area contributed by atoms with Crippen molar-refractivity contribution in [2.75, 3.05) is 7.11 Å². The highest BCUT2D eigenvalue weighted by atomic mass is 16.5. The van der Waals surface area contributed by atoms with Gasteiger partial charge in [0.25, 0.3) is 0 Å².